The Kier molecular flexibility index (Phi) is 3.73. The number of hydrogen-bond donors (Lipinski definition) is 2. The van der Waals surface area contributed by atoms with Gasteiger partial charge < -0.3 is 14.8 Å². The van der Waals surface area contributed by atoms with Gasteiger partial charge in [-0.3, -0.25) is 9.69 Å². The maximum Gasteiger partial charge on any atom is 0.223 e. The van der Waals surface area contributed by atoms with Gasteiger partial charge in [-0.1, -0.05) is 0 Å². The van der Waals surface area contributed by atoms with Crippen LogP contribution in [0.5, 0.6) is 5.75 Å². The zero-order valence-corrected chi connectivity index (χ0v) is 10.9. The lowest BCUT2D eigenvalue weighted by Crippen LogP contribution is -2.26. The number of pyridine rings is 1. The van der Waals surface area contributed by atoms with Crippen molar-refractivity contribution in [3.8, 4) is 5.75 Å². The predicted octanol–water partition coefficient (Wildman–Crippen LogP) is 0.621. The number of aliphatic hydroxyl groups excluding tert-OH is 1. The molecular formula is C13H20N2O3. The van der Waals surface area contributed by atoms with Crippen LogP contribution in [0.1, 0.15) is 30.3 Å². The third kappa shape index (κ3) is 2.57. The minimum absolute atomic E-state index is 0.0662. The van der Waals surface area contributed by atoms with E-state index >= 15 is 0 Å². The van der Waals surface area contributed by atoms with E-state index < -0.39 is 0 Å². The van der Waals surface area contributed by atoms with Crippen LogP contribution in [-0.2, 0) is 6.54 Å². The van der Waals surface area contributed by atoms with Gasteiger partial charge in [0.1, 0.15) is 0 Å². The zero-order valence-electron chi connectivity index (χ0n) is 10.9. The van der Waals surface area contributed by atoms with Gasteiger partial charge in [0.25, 0.3) is 0 Å². The predicted molar refractivity (Wildman–Crippen MR) is 68.8 cm³/mol. The van der Waals surface area contributed by atoms with E-state index in [2.05, 4.69) is 4.57 Å². The number of hydrogen-bond acceptors (Lipinski definition) is 4. The van der Waals surface area contributed by atoms with Crippen molar-refractivity contribution in [1.82, 2.24) is 9.47 Å². The van der Waals surface area contributed by atoms with Gasteiger partial charge in [0.15, 0.2) is 5.75 Å². The van der Waals surface area contributed by atoms with Gasteiger partial charge in [-0.25, -0.2) is 0 Å². The van der Waals surface area contributed by atoms with Gasteiger partial charge >= 0.3 is 0 Å². The van der Waals surface area contributed by atoms with Gasteiger partial charge in [0.2, 0.25) is 5.43 Å². The number of aryl methyl sites for hydroxylation is 1. The maximum absolute atomic E-state index is 11.7. The smallest absolute Gasteiger partial charge is 0.223 e. The average Bonchev–Trinajstić information content (AvgIpc) is 3.10. The number of aromatic hydroxyl groups is 1. The lowest BCUT2D eigenvalue weighted by atomic mass is 10.2. The van der Waals surface area contributed by atoms with Crippen LogP contribution in [0.15, 0.2) is 10.9 Å². The van der Waals surface area contributed by atoms with E-state index in [-0.39, 0.29) is 17.8 Å². The molecule has 2 rings (SSSR count). The average molecular weight is 252 g/mol. The molecule has 1 aliphatic carbocycles. The van der Waals surface area contributed by atoms with Crippen LogP contribution >= 0.6 is 0 Å². The van der Waals surface area contributed by atoms with E-state index in [4.69, 9.17) is 5.11 Å². The highest BCUT2D eigenvalue weighted by molar-refractivity contribution is 5.31. The SMILES string of the molecule is Cc1cc(=O)c(O)c(CN(C)CCO)n1C1CC1. The Balaban J connectivity index is 2.39. The number of aliphatic hydroxyl groups is 1. The first-order valence-corrected chi connectivity index (χ1v) is 6.28. The van der Waals surface area contributed by atoms with E-state index in [0.717, 1.165) is 18.5 Å². The molecule has 0 saturated heterocycles. The van der Waals surface area contributed by atoms with E-state index in [0.29, 0.717) is 24.8 Å². The van der Waals surface area contributed by atoms with Crippen LogP contribution < -0.4 is 5.43 Å². The molecule has 1 saturated carbocycles. The summed E-state index contributed by atoms with van der Waals surface area (Å²) in [4.78, 5) is 13.6. The van der Waals surface area contributed by atoms with Gasteiger partial charge in [0.05, 0.1) is 12.3 Å². The van der Waals surface area contributed by atoms with Gasteiger partial charge in [-0.05, 0) is 26.8 Å². The second kappa shape index (κ2) is 5.12. The number of nitrogens with zero attached hydrogens (tertiary/aromatic N) is 2. The Hall–Kier alpha value is -1.33. The largest absolute Gasteiger partial charge is 0.503 e. The third-order valence-electron chi connectivity index (χ3n) is 3.33. The molecule has 1 aromatic heterocycles. The Morgan fingerprint density at radius 3 is 2.72 bits per heavy atom. The Morgan fingerprint density at radius 1 is 1.50 bits per heavy atom. The normalized spacial score (nSPS) is 15.3. The molecule has 100 valence electrons. The highest BCUT2D eigenvalue weighted by Crippen LogP contribution is 2.38. The lowest BCUT2D eigenvalue weighted by Gasteiger charge is -2.22. The second-order valence-electron chi connectivity index (χ2n) is 5.01. The first-order chi connectivity index (χ1) is 8.54. The summed E-state index contributed by atoms with van der Waals surface area (Å²) in [5.41, 5.74) is 1.24. The summed E-state index contributed by atoms with van der Waals surface area (Å²) in [6, 6.07) is 1.90. The molecule has 1 aromatic rings. The molecule has 5 heteroatoms. The van der Waals surface area contributed by atoms with E-state index in [1.807, 2.05) is 18.9 Å². The molecule has 0 aromatic carbocycles. The molecule has 0 unspecified atom stereocenters. The lowest BCUT2D eigenvalue weighted by molar-refractivity contribution is 0.212. The van der Waals surface area contributed by atoms with Crippen LogP contribution in [0.4, 0.5) is 0 Å². The molecule has 2 N–H and O–H groups in total. The van der Waals surface area contributed by atoms with Crippen molar-refractivity contribution in [2.45, 2.75) is 32.4 Å². The maximum atomic E-state index is 11.7. The van der Waals surface area contributed by atoms with Crippen LogP contribution in [0, 0.1) is 6.92 Å². The van der Waals surface area contributed by atoms with Crippen molar-refractivity contribution in [3.63, 3.8) is 0 Å². The Bertz CT molecular complexity index is 492. The topological polar surface area (TPSA) is 65.7 Å². The summed E-state index contributed by atoms with van der Waals surface area (Å²) in [5, 5.41) is 18.9. The van der Waals surface area contributed by atoms with E-state index in [9.17, 15) is 9.90 Å². The minimum Gasteiger partial charge on any atom is -0.503 e. The first kappa shape index (κ1) is 13.1. The van der Waals surface area contributed by atoms with Crippen molar-refractivity contribution < 1.29 is 10.2 Å². The van der Waals surface area contributed by atoms with Crippen LogP contribution in [0.2, 0.25) is 0 Å². The molecular weight excluding hydrogens is 232 g/mol. The van der Waals surface area contributed by atoms with Crippen molar-refractivity contribution in [2.24, 2.45) is 0 Å². The van der Waals surface area contributed by atoms with E-state index in [1.165, 1.54) is 6.07 Å². The summed E-state index contributed by atoms with van der Waals surface area (Å²) in [5.74, 6) is -0.155. The molecule has 1 heterocycles. The van der Waals surface area contributed by atoms with E-state index in [1.54, 1.807) is 0 Å². The van der Waals surface area contributed by atoms with Crippen LogP contribution in [0.3, 0.4) is 0 Å². The number of rotatable bonds is 5. The summed E-state index contributed by atoms with van der Waals surface area (Å²) in [6.07, 6.45) is 2.19. The van der Waals surface area contributed by atoms with Crippen LogP contribution in [-0.4, -0.2) is 39.9 Å². The Morgan fingerprint density at radius 2 is 2.17 bits per heavy atom. The van der Waals surface area contributed by atoms with Gasteiger partial charge in [0, 0.05) is 30.9 Å². The highest BCUT2D eigenvalue weighted by atomic mass is 16.3. The van der Waals surface area contributed by atoms with Crippen molar-refractivity contribution in [3.05, 3.63) is 27.7 Å². The molecule has 0 spiro atoms. The Labute approximate surface area is 106 Å². The fourth-order valence-electron chi connectivity index (χ4n) is 2.29. The van der Waals surface area contributed by atoms with Crippen molar-refractivity contribution in [2.75, 3.05) is 20.2 Å². The van der Waals surface area contributed by atoms with Crippen molar-refractivity contribution in [1.29, 1.82) is 0 Å². The van der Waals surface area contributed by atoms with Crippen molar-refractivity contribution >= 4 is 0 Å². The number of likely N-dealkylation sites (N-methyl/N-ethyl adjacent to an activating group) is 1. The summed E-state index contributed by atoms with van der Waals surface area (Å²) < 4.78 is 2.06. The van der Waals surface area contributed by atoms with Gasteiger partial charge in [-0.15, -0.1) is 0 Å². The van der Waals surface area contributed by atoms with Crippen LogP contribution in [0.25, 0.3) is 0 Å². The van der Waals surface area contributed by atoms with Gasteiger partial charge in [-0.2, -0.15) is 0 Å². The molecule has 0 bridgehead atoms. The molecule has 1 fully saturated rings. The molecule has 1 aliphatic rings. The summed E-state index contributed by atoms with van der Waals surface area (Å²) in [7, 11) is 1.86. The molecule has 0 atom stereocenters. The zero-order chi connectivity index (χ0) is 13.3. The second-order valence-corrected chi connectivity index (χ2v) is 5.01. The fraction of sp³-hybridized carbons (Fsp3) is 0.615. The quantitative estimate of drug-likeness (QED) is 0.806. The standard InChI is InChI=1S/C13H20N2O3/c1-9-7-12(17)13(18)11(8-14(2)5-6-16)15(9)10-3-4-10/h7,10,16,18H,3-6,8H2,1-2H3. The molecule has 0 aliphatic heterocycles. The summed E-state index contributed by atoms with van der Waals surface area (Å²) >= 11 is 0. The first-order valence-electron chi connectivity index (χ1n) is 6.28. The highest BCUT2D eigenvalue weighted by Gasteiger charge is 2.28. The third-order valence-corrected chi connectivity index (χ3v) is 3.33. The monoisotopic (exact) mass is 252 g/mol. The molecule has 0 amide bonds. The minimum atomic E-state index is -0.322. The number of aromatic nitrogens is 1. The molecule has 18 heavy (non-hydrogen) atoms. The molecule has 0 radical (unpaired) electrons. The molecule has 5 nitrogen and oxygen atoms in total. The summed E-state index contributed by atoms with van der Waals surface area (Å²) in [6.45, 7) is 2.96. The fourth-order valence-corrected chi connectivity index (χ4v) is 2.29.